The Bertz CT molecular complexity index is 322. The minimum Gasteiger partial charge on any atom is -0.480 e. The average molecular weight is 254 g/mol. The number of hydrogen-bond acceptors (Lipinski definition) is 3. The number of rotatable bonds is 5. The molecule has 0 radical (unpaired) electrons. The lowest BCUT2D eigenvalue weighted by Crippen LogP contribution is -2.50. The zero-order valence-corrected chi connectivity index (χ0v) is 11.0. The van der Waals surface area contributed by atoms with Gasteiger partial charge in [0.15, 0.2) is 0 Å². The third-order valence-corrected chi connectivity index (χ3v) is 3.86. The first-order valence-corrected chi connectivity index (χ1v) is 6.86. The molecule has 1 aliphatic carbocycles. The lowest BCUT2D eigenvalue weighted by molar-refractivity contribution is -0.143. The summed E-state index contributed by atoms with van der Waals surface area (Å²) in [6, 6.07) is -0.00320. The molecule has 1 amide bonds. The largest absolute Gasteiger partial charge is 0.480 e. The first kappa shape index (κ1) is 13.3. The SMILES string of the molecule is CC(C(=O)N1CCCCC1)N(CC(=O)O)C1CC1. The molecule has 5 heteroatoms. The minimum atomic E-state index is -0.847. The summed E-state index contributed by atoms with van der Waals surface area (Å²) in [6.07, 6.45) is 5.37. The van der Waals surface area contributed by atoms with Crippen molar-refractivity contribution in [2.24, 2.45) is 0 Å². The Labute approximate surface area is 108 Å². The van der Waals surface area contributed by atoms with E-state index in [1.54, 1.807) is 0 Å². The van der Waals surface area contributed by atoms with E-state index in [0.717, 1.165) is 38.8 Å². The third-order valence-electron chi connectivity index (χ3n) is 3.86. The maximum absolute atomic E-state index is 12.3. The van der Waals surface area contributed by atoms with Crippen LogP contribution in [-0.4, -0.2) is 58.5 Å². The molecule has 5 nitrogen and oxygen atoms in total. The van der Waals surface area contributed by atoms with Crippen LogP contribution < -0.4 is 0 Å². The number of aliphatic carboxylic acids is 1. The highest BCUT2D eigenvalue weighted by atomic mass is 16.4. The fraction of sp³-hybridized carbons (Fsp3) is 0.846. The molecule has 1 atom stereocenters. The predicted octanol–water partition coefficient (Wildman–Crippen LogP) is 0.936. The van der Waals surface area contributed by atoms with E-state index in [-0.39, 0.29) is 18.5 Å². The van der Waals surface area contributed by atoms with Crippen LogP contribution in [0.2, 0.25) is 0 Å². The van der Waals surface area contributed by atoms with Crippen LogP contribution in [0.25, 0.3) is 0 Å². The maximum atomic E-state index is 12.3. The van der Waals surface area contributed by atoms with Crippen molar-refractivity contribution >= 4 is 11.9 Å². The van der Waals surface area contributed by atoms with Gasteiger partial charge in [-0.05, 0) is 39.0 Å². The van der Waals surface area contributed by atoms with Crippen molar-refractivity contribution in [2.45, 2.75) is 51.1 Å². The summed E-state index contributed by atoms with van der Waals surface area (Å²) in [4.78, 5) is 27.0. The van der Waals surface area contributed by atoms with Gasteiger partial charge in [-0.25, -0.2) is 0 Å². The minimum absolute atomic E-state index is 0.0224. The second-order valence-electron chi connectivity index (χ2n) is 5.36. The molecular formula is C13H22N2O3. The quantitative estimate of drug-likeness (QED) is 0.793. The summed E-state index contributed by atoms with van der Waals surface area (Å²) in [5.74, 6) is -0.747. The van der Waals surface area contributed by atoms with Crippen LogP contribution in [0.1, 0.15) is 39.0 Å². The van der Waals surface area contributed by atoms with Gasteiger partial charge >= 0.3 is 5.97 Å². The Morgan fingerprint density at radius 1 is 1.28 bits per heavy atom. The zero-order valence-electron chi connectivity index (χ0n) is 11.0. The Morgan fingerprint density at radius 2 is 1.89 bits per heavy atom. The van der Waals surface area contributed by atoms with E-state index in [1.807, 2.05) is 16.7 Å². The standard InChI is InChI=1S/C13H22N2O3/c1-10(13(18)14-7-3-2-4-8-14)15(9-12(16)17)11-5-6-11/h10-11H,2-9H2,1H3,(H,16,17). The first-order chi connectivity index (χ1) is 8.59. The summed E-state index contributed by atoms with van der Waals surface area (Å²) in [7, 11) is 0. The topological polar surface area (TPSA) is 60.9 Å². The average Bonchev–Trinajstić information content (AvgIpc) is 3.19. The number of hydrogen-bond donors (Lipinski definition) is 1. The highest BCUT2D eigenvalue weighted by Crippen LogP contribution is 2.29. The fourth-order valence-electron chi connectivity index (χ4n) is 2.66. The molecular weight excluding hydrogens is 232 g/mol. The number of carboxylic acids is 1. The van der Waals surface area contributed by atoms with Crippen LogP contribution in [-0.2, 0) is 9.59 Å². The van der Waals surface area contributed by atoms with Gasteiger partial charge < -0.3 is 10.0 Å². The molecule has 1 aliphatic heterocycles. The molecule has 102 valence electrons. The van der Waals surface area contributed by atoms with E-state index in [0.29, 0.717) is 6.04 Å². The number of amides is 1. The number of carboxylic acid groups (broad SMARTS) is 1. The van der Waals surface area contributed by atoms with Gasteiger partial charge in [0.25, 0.3) is 0 Å². The summed E-state index contributed by atoms with van der Waals surface area (Å²) >= 11 is 0. The van der Waals surface area contributed by atoms with Gasteiger partial charge in [-0.3, -0.25) is 14.5 Å². The molecule has 1 unspecified atom stereocenters. The highest BCUT2D eigenvalue weighted by Gasteiger charge is 2.37. The predicted molar refractivity (Wildman–Crippen MR) is 67.3 cm³/mol. The van der Waals surface area contributed by atoms with Gasteiger partial charge in [0.05, 0.1) is 12.6 Å². The second-order valence-corrected chi connectivity index (χ2v) is 5.36. The van der Waals surface area contributed by atoms with E-state index in [9.17, 15) is 9.59 Å². The Hall–Kier alpha value is -1.10. The lowest BCUT2D eigenvalue weighted by atomic mass is 10.1. The number of carbonyl (C=O) groups excluding carboxylic acids is 1. The van der Waals surface area contributed by atoms with Crippen LogP contribution in [0, 0.1) is 0 Å². The van der Waals surface area contributed by atoms with Crippen molar-refractivity contribution in [2.75, 3.05) is 19.6 Å². The number of likely N-dealkylation sites (tertiary alicyclic amines) is 1. The summed E-state index contributed by atoms with van der Waals surface area (Å²) < 4.78 is 0. The van der Waals surface area contributed by atoms with Gasteiger partial charge in [0.2, 0.25) is 5.91 Å². The molecule has 18 heavy (non-hydrogen) atoms. The second kappa shape index (κ2) is 5.69. The molecule has 1 saturated heterocycles. The molecule has 0 aromatic carbocycles. The smallest absolute Gasteiger partial charge is 0.317 e. The monoisotopic (exact) mass is 254 g/mol. The van der Waals surface area contributed by atoms with Gasteiger partial charge in [-0.15, -0.1) is 0 Å². The Morgan fingerprint density at radius 3 is 2.39 bits per heavy atom. The third kappa shape index (κ3) is 3.22. The van der Waals surface area contributed by atoms with Crippen LogP contribution in [0.15, 0.2) is 0 Å². The van der Waals surface area contributed by atoms with Gasteiger partial charge in [0, 0.05) is 19.1 Å². The van der Waals surface area contributed by atoms with Gasteiger partial charge in [-0.1, -0.05) is 0 Å². The van der Waals surface area contributed by atoms with E-state index < -0.39 is 5.97 Å². The molecule has 0 spiro atoms. The summed E-state index contributed by atoms with van der Waals surface area (Å²) in [5, 5.41) is 8.93. The van der Waals surface area contributed by atoms with Crippen LogP contribution in [0.4, 0.5) is 0 Å². The molecule has 1 saturated carbocycles. The molecule has 1 N–H and O–H groups in total. The van der Waals surface area contributed by atoms with Crippen molar-refractivity contribution < 1.29 is 14.7 Å². The molecule has 0 aromatic rings. The van der Waals surface area contributed by atoms with Crippen molar-refractivity contribution in [1.29, 1.82) is 0 Å². The molecule has 2 fully saturated rings. The molecule has 2 rings (SSSR count). The van der Waals surface area contributed by atoms with E-state index in [4.69, 9.17) is 5.11 Å². The Kier molecular flexibility index (Phi) is 4.22. The van der Waals surface area contributed by atoms with Crippen molar-refractivity contribution in [3.05, 3.63) is 0 Å². The molecule has 0 bridgehead atoms. The van der Waals surface area contributed by atoms with Crippen LogP contribution in [0.5, 0.6) is 0 Å². The van der Waals surface area contributed by atoms with Crippen molar-refractivity contribution in [3.8, 4) is 0 Å². The summed E-state index contributed by atoms with van der Waals surface area (Å²) in [6.45, 7) is 3.48. The maximum Gasteiger partial charge on any atom is 0.317 e. The number of piperidine rings is 1. The van der Waals surface area contributed by atoms with Gasteiger partial charge in [0.1, 0.15) is 0 Å². The van der Waals surface area contributed by atoms with E-state index >= 15 is 0 Å². The highest BCUT2D eigenvalue weighted by molar-refractivity contribution is 5.82. The fourth-order valence-corrected chi connectivity index (χ4v) is 2.66. The Balaban J connectivity index is 1.95. The van der Waals surface area contributed by atoms with Crippen molar-refractivity contribution in [1.82, 2.24) is 9.80 Å². The van der Waals surface area contributed by atoms with Crippen molar-refractivity contribution in [3.63, 3.8) is 0 Å². The summed E-state index contributed by atoms with van der Waals surface area (Å²) in [5.41, 5.74) is 0. The molecule has 2 aliphatic rings. The lowest BCUT2D eigenvalue weighted by Gasteiger charge is -2.33. The molecule has 0 aromatic heterocycles. The molecule has 1 heterocycles. The normalized spacial score (nSPS) is 22.0. The number of carbonyl (C=O) groups is 2. The van der Waals surface area contributed by atoms with Gasteiger partial charge in [-0.2, -0.15) is 0 Å². The zero-order chi connectivity index (χ0) is 13.1. The number of nitrogens with zero attached hydrogens (tertiary/aromatic N) is 2. The first-order valence-electron chi connectivity index (χ1n) is 6.86. The van der Waals surface area contributed by atoms with Crippen LogP contribution >= 0.6 is 0 Å². The van der Waals surface area contributed by atoms with E-state index in [2.05, 4.69) is 0 Å². The van der Waals surface area contributed by atoms with Crippen LogP contribution in [0.3, 0.4) is 0 Å². The van der Waals surface area contributed by atoms with E-state index in [1.165, 1.54) is 6.42 Å².